The molecule has 2 unspecified atom stereocenters. The first kappa shape index (κ1) is 19.4. The number of quaternary nitrogens is 1. The second-order valence-corrected chi connectivity index (χ2v) is 5.57. The third kappa shape index (κ3) is 6.62. The summed E-state index contributed by atoms with van der Waals surface area (Å²) < 4.78 is 0. The number of carbonyl (C=O) groups excluding carboxylic acids is 2. The van der Waals surface area contributed by atoms with Crippen molar-refractivity contribution in [3.05, 3.63) is 42.5 Å². The Hall–Kier alpha value is -2.67. The van der Waals surface area contributed by atoms with Gasteiger partial charge in [-0.05, 0) is 18.2 Å². The van der Waals surface area contributed by atoms with Crippen LogP contribution in [0.2, 0.25) is 0 Å². The number of hydrogen-bond donors (Lipinski definition) is 2. The van der Waals surface area contributed by atoms with E-state index in [0.29, 0.717) is 18.2 Å². The van der Waals surface area contributed by atoms with E-state index in [1.54, 1.807) is 6.92 Å². The van der Waals surface area contributed by atoms with Crippen LogP contribution in [0.4, 0.5) is 5.69 Å². The van der Waals surface area contributed by atoms with Crippen molar-refractivity contribution in [2.75, 3.05) is 25.0 Å². The Bertz CT molecular complexity index is 584. The maximum absolute atomic E-state index is 11.8. The fourth-order valence-electron chi connectivity index (χ4n) is 2.62. The smallest absolute Gasteiger partial charge is 0.328 e. The Morgan fingerprint density at radius 2 is 1.88 bits per heavy atom. The maximum atomic E-state index is 11.8. The van der Waals surface area contributed by atoms with Gasteiger partial charge in [-0.3, -0.25) is 4.79 Å². The molecule has 0 radical (unpaired) electrons. The Morgan fingerprint density at radius 3 is 2.25 bits per heavy atom. The summed E-state index contributed by atoms with van der Waals surface area (Å²) in [6.45, 7) is 3.86. The lowest BCUT2D eigenvalue weighted by Crippen LogP contribution is -3.07. The lowest BCUT2D eigenvalue weighted by atomic mass is 10.2. The van der Waals surface area contributed by atoms with Gasteiger partial charge in [-0.2, -0.15) is 0 Å². The summed E-state index contributed by atoms with van der Waals surface area (Å²) in [7, 11) is 2.18. The molecular formula is C17H22N2O5. The number of nitrogens with zero attached hydrogens (tertiary/aromatic N) is 1. The first-order valence-electron chi connectivity index (χ1n) is 7.59. The fourth-order valence-corrected chi connectivity index (χ4v) is 2.62. The van der Waals surface area contributed by atoms with Crippen LogP contribution < -0.4 is 14.9 Å². The van der Waals surface area contributed by atoms with Crippen molar-refractivity contribution < 1.29 is 29.5 Å². The van der Waals surface area contributed by atoms with Gasteiger partial charge in [-0.15, -0.1) is 0 Å². The maximum Gasteiger partial charge on any atom is 0.328 e. The highest BCUT2D eigenvalue weighted by molar-refractivity contribution is 5.92. The Morgan fingerprint density at radius 1 is 1.25 bits per heavy atom. The lowest BCUT2D eigenvalue weighted by Gasteiger charge is -2.26. The molecule has 1 heterocycles. The average molecular weight is 334 g/mol. The number of carboxylic acid groups (broad SMARTS) is 2. The molecular weight excluding hydrogens is 312 g/mol. The van der Waals surface area contributed by atoms with Crippen LogP contribution in [0.15, 0.2) is 42.5 Å². The van der Waals surface area contributed by atoms with Gasteiger partial charge in [0.2, 0.25) is 5.91 Å². The average Bonchev–Trinajstić information content (AvgIpc) is 2.93. The second-order valence-electron chi connectivity index (χ2n) is 5.57. The molecule has 7 nitrogen and oxygen atoms in total. The van der Waals surface area contributed by atoms with Crippen molar-refractivity contribution >= 4 is 23.5 Å². The van der Waals surface area contributed by atoms with Gasteiger partial charge >= 0.3 is 5.97 Å². The summed E-state index contributed by atoms with van der Waals surface area (Å²) in [5, 5.41) is 17.2. The quantitative estimate of drug-likeness (QED) is 0.667. The van der Waals surface area contributed by atoms with E-state index in [-0.39, 0.29) is 5.91 Å². The molecule has 1 aliphatic heterocycles. The monoisotopic (exact) mass is 334 g/mol. The number of rotatable bonds is 4. The number of likely N-dealkylation sites (N-methyl/N-ethyl adjacent to an activating group) is 1. The van der Waals surface area contributed by atoms with Crippen LogP contribution in [0.5, 0.6) is 0 Å². The van der Waals surface area contributed by atoms with E-state index in [1.165, 1.54) is 4.90 Å². The van der Waals surface area contributed by atoms with E-state index < -0.39 is 11.9 Å². The third-order valence-corrected chi connectivity index (χ3v) is 3.59. The van der Waals surface area contributed by atoms with Crippen molar-refractivity contribution in [3.63, 3.8) is 0 Å². The summed E-state index contributed by atoms with van der Waals surface area (Å²) in [4.78, 5) is 34.2. The first-order chi connectivity index (χ1) is 11.3. The van der Waals surface area contributed by atoms with Gasteiger partial charge in [0.1, 0.15) is 0 Å². The Labute approximate surface area is 140 Å². The molecule has 2 rings (SSSR count). The zero-order valence-corrected chi connectivity index (χ0v) is 13.8. The van der Waals surface area contributed by atoms with Crippen molar-refractivity contribution in [1.82, 2.24) is 0 Å². The SMILES string of the molecule is CC(=O)N(c1ccccc1)C1CC[NH+](C)C1.O=C([O-])/C=C/C(=O)O. The normalized spacial score (nSPS) is 19.4. The molecule has 0 aromatic heterocycles. The molecule has 1 aromatic carbocycles. The molecule has 0 aliphatic carbocycles. The van der Waals surface area contributed by atoms with Gasteiger partial charge in [0.15, 0.2) is 0 Å². The van der Waals surface area contributed by atoms with Gasteiger partial charge in [0.25, 0.3) is 0 Å². The van der Waals surface area contributed by atoms with Gasteiger partial charge in [-0.1, -0.05) is 18.2 Å². The number of anilines is 1. The molecule has 2 atom stereocenters. The zero-order chi connectivity index (χ0) is 18.1. The van der Waals surface area contributed by atoms with E-state index in [0.717, 1.165) is 25.2 Å². The number of benzene rings is 1. The number of carboxylic acids is 2. The Balaban J connectivity index is 0.000000307. The van der Waals surface area contributed by atoms with E-state index in [9.17, 15) is 19.5 Å². The highest BCUT2D eigenvalue weighted by Crippen LogP contribution is 2.18. The highest BCUT2D eigenvalue weighted by Gasteiger charge is 2.31. The van der Waals surface area contributed by atoms with Crippen molar-refractivity contribution in [2.24, 2.45) is 0 Å². The zero-order valence-electron chi connectivity index (χ0n) is 13.8. The number of likely N-dealkylation sites (tertiary alicyclic amines) is 1. The fraction of sp³-hybridized carbons (Fsp3) is 0.353. The van der Waals surface area contributed by atoms with Gasteiger partial charge in [-0.25, -0.2) is 4.79 Å². The van der Waals surface area contributed by atoms with Crippen LogP contribution in [-0.2, 0) is 14.4 Å². The minimum Gasteiger partial charge on any atom is -0.545 e. The van der Waals surface area contributed by atoms with Crippen LogP contribution >= 0.6 is 0 Å². The third-order valence-electron chi connectivity index (χ3n) is 3.59. The standard InChI is InChI=1S/C13H18N2O.C4H4O4/c1-11(16)15(12-6-4-3-5-7-12)13-8-9-14(2)10-13;5-3(6)1-2-4(7)8/h3-7,13H,8-10H2,1-2H3;1-2H,(H,5,6)(H,7,8)/b;2-1+. The molecule has 7 heteroatoms. The molecule has 1 aliphatic rings. The predicted molar refractivity (Wildman–Crippen MR) is 86.4 cm³/mol. The minimum absolute atomic E-state index is 0.144. The molecule has 1 saturated heterocycles. The topological polar surface area (TPSA) is 102 Å². The van der Waals surface area contributed by atoms with Crippen LogP contribution in [0.25, 0.3) is 0 Å². The molecule has 0 spiro atoms. The molecule has 24 heavy (non-hydrogen) atoms. The molecule has 130 valence electrons. The predicted octanol–water partition coefficient (Wildman–Crippen LogP) is -1.30. The summed E-state index contributed by atoms with van der Waals surface area (Å²) in [6, 6.07) is 10.3. The van der Waals surface area contributed by atoms with Crippen LogP contribution in [0, 0.1) is 0 Å². The molecule has 1 aromatic rings. The molecule has 1 amide bonds. The van der Waals surface area contributed by atoms with Crippen molar-refractivity contribution in [3.8, 4) is 0 Å². The van der Waals surface area contributed by atoms with Crippen LogP contribution in [-0.4, -0.2) is 49.1 Å². The van der Waals surface area contributed by atoms with Gasteiger partial charge < -0.3 is 24.8 Å². The second kappa shape index (κ2) is 9.46. The number of carbonyl (C=O) groups is 3. The number of hydrogen-bond acceptors (Lipinski definition) is 4. The Kier molecular flexibility index (Phi) is 7.64. The van der Waals surface area contributed by atoms with E-state index >= 15 is 0 Å². The van der Waals surface area contributed by atoms with Crippen LogP contribution in [0.1, 0.15) is 13.3 Å². The summed E-state index contributed by atoms with van der Waals surface area (Å²) in [5.41, 5.74) is 1.02. The van der Waals surface area contributed by atoms with E-state index in [2.05, 4.69) is 7.05 Å². The van der Waals surface area contributed by atoms with Crippen LogP contribution in [0.3, 0.4) is 0 Å². The van der Waals surface area contributed by atoms with Crippen molar-refractivity contribution in [2.45, 2.75) is 19.4 Å². The minimum atomic E-state index is -1.51. The highest BCUT2D eigenvalue weighted by atomic mass is 16.4. The molecule has 0 saturated carbocycles. The first-order valence-corrected chi connectivity index (χ1v) is 7.59. The lowest BCUT2D eigenvalue weighted by molar-refractivity contribution is -0.866. The summed E-state index contributed by atoms with van der Waals surface area (Å²) in [5.74, 6) is -2.66. The molecule has 2 N–H and O–H groups in total. The molecule has 0 bridgehead atoms. The van der Waals surface area contributed by atoms with Crippen molar-refractivity contribution in [1.29, 1.82) is 0 Å². The summed E-state index contributed by atoms with van der Waals surface area (Å²) in [6.07, 6.45) is 2.04. The van der Waals surface area contributed by atoms with Gasteiger partial charge in [0, 0.05) is 25.1 Å². The number of amides is 1. The number of para-hydroxylation sites is 1. The van der Waals surface area contributed by atoms with E-state index in [1.807, 2.05) is 35.2 Å². The molecule has 1 fully saturated rings. The van der Waals surface area contributed by atoms with Gasteiger partial charge in [0.05, 0.1) is 32.1 Å². The number of nitrogens with one attached hydrogen (secondary N) is 1. The van der Waals surface area contributed by atoms with E-state index in [4.69, 9.17) is 5.11 Å². The summed E-state index contributed by atoms with van der Waals surface area (Å²) >= 11 is 0. The number of aliphatic carboxylic acids is 2. The largest absolute Gasteiger partial charge is 0.545 e.